The summed E-state index contributed by atoms with van der Waals surface area (Å²) in [6.07, 6.45) is 16.2. The first kappa shape index (κ1) is 45.2. The first-order valence-electron chi connectivity index (χ1n) is 23.1. The van der Waals surface area contributed by atoms with Crippen molar-refractivity contribution < 1.29 is 35.9 Å². The van der Waals surface area contributed by atoms with Crippen LogP contribution in [-0.2, 0) is 65.2 Å². The molecule has 0 aliphatic heterocycles. The molecule has 6 aliphatic carbocycles. The van der Waals surface area contributed by atoms with Gasteiger partial charge in [-0.3, -0.25) is 4.79 Å². The van der Waals surface area contributed by atoms with Crippen LogP contribution in [0.15, 0.2) is 46.6 Å². The van der Waals surface area contributed by atoms with E-state index in [1.165, 1.54) is 51.9 Å². The van der Waals surface area contributed by atoms with Crippen molar-refractivity contribution >= 4 is 32.6 Å². The van der Waals surface area contributed by atoms with Gasteiger partial charge in [0, 0.05) is 35.0 Å². The number of fused-ring (bicyclic) bond motifs is 3. The van der Waals surface area contributed by atoms with Gasteiger partial charge in [-0.25, -0.2) is 21.6 Å². The van der Waals surface area contributed by atoms with Gasteiger partial charge in [-0.05, 0) is 214 Å². The van der Waals surface area contributed by atoms with Gasteiger partial charge in [-0.1, -0.05) is 20.4 Å². The number of ketones is 1. The van der Waals surface area contributed by atoms with E-state index in [2.05, 4.69) is 20.4 Å². The van der Waals surface area contributed by atoms with E-state index in [0.29, 0.717) is 35.3 Å². The average molecular weight is 885 g/mol. The molecule has 6 aliphatic rings. The summed E-state index contributed by atoms with van der Waals surface area (Å²) in [4.78, 5) is 12.9. The van der Waals surface area contributed by atoms with Crippen LogP contribution in [0.5, 0.6) is 0 Å². The van der Waals surface area contributed by atoms with Gasteiger partial charge < -0.3 is 21.0 Å². The molecule has 5 N–H and O–H groups in total. The third-order valence-electron chi connectivity index (χ3n) is 14.7. The van der Waals surface area contributed by atoms with Gasteiger partial charge in [-0.15, -0.1) is 0 Å². The fraction of sp³-hybridized carbons (Fsp3) is 0.519. The van der Waals surface area contributed by atoms with E-state index in [1.807, 2.05) is 0 Å². The Labute approximate surface area is 370 Å². The number of aliphatic hydroxyl groups is 1. The van der Waals surface area contributed by atoms with Crippen molar-refractivity contribution in [3.63, 3.8) is 0 Å². The van der Waals surface area contributed by atoms with E-state index in [4.69, 9.17) is 15.9 Å². The van der Waals surface area contributed by atoms with Gasteiger partial charge in [0.1, 0.15) is 23.2 Å². The summed E-state index contributed by atoms with van der Waals surface area (Å²) in [7, 11) is -3.98. The second kappa shape index (κ2) is 17.6. The molecule has 4 aromatic rings. The highest BCUT2D eigenvalue weighted by Crippen LogP contribution is 2.48. The van der Waals surface area contributed by atoms with Crippen molar-refractivity contribution in [2.45, 2.75) is 153 Å². The van der Waals surface area contributed by atoms with Crippen LogP contribution < -0.4 is 11.5 Å². The zero-order valence-corrected chi connectivity index (χ0v) is 38.1. The molecule has 0 saturated heterocycles. The zero-order valence-electron chi connectivity index (χ0n) is 37.3. The highest BCUT2D eigenvalue weighted by atomic mass is 32.2. The van der Waals surface area contributed by atoms with Crippen LogP contribution in [0.2, 0.25) is 0 Å². The third kappa shape index (κ3) is 9.56. The number of benzene rings is 3. The molecule has 3 saturated carbocycles. The second-order valence-corrected chi connectivity index (χ2v) is 21.7. The summed E-state index contributed by atoms with van der Waals surface area (Å²) >= 11 is 0. The standard InChI is InChI=1S/C24H29FO5S.C14H18FN.C14H16FN/c1-14(15-7-8-15)20-11-22(25)19-6-4-5-18(19)21(20)10-17(26)13-31(28,29)23-9-16(12-30-23)24(2,3)27;2*1-8(9-5-6-9)12-7-13(15)10-3-2-4-11(10)14(12)16/h9,11-12,14-15,27H,4-8,10,13H2,1-3H3;7-9H,2-6,16H2,1H3;7,9H,1-6,16H2/t14-;8-;/m11./s1. The lowest BCUT2D eigenvalue weighted by molar-refractivity contribution is -0.116. The SMILES string of the molecule is C=C(c1cc(F)c2c(c1N)CCC2)C1CC1.C[C@@H](c1cc(F)c2c(c1CC(=O)CS(=O)(=O)c1cc(C(C)(C)O)co1)CCC2)C1CC1.C[C@@H](c1cc(F)c2c(c1N)CCC2)C1CC1. The number of sulfone groups is 1. The fourth-order valence-electron chi connectivity index (χ4n) is 10.3. The Bertz CT molecular complexity index is 2560. The number of anilines is 2. The minimum absolute atomic E-state index is 0.0205. The highest BCUT2D eigenvalue weighted by molar-refractivity contribution is 7.92. The predicted octanol–water partition coefficient (Wildman–Crippen LogP) is 11.0. The Morgan fingerprint density at radius 2 is 1.22 bits per heavy atom. The molecule has 0 radical (unpaired) electrons. The van der Waals surface area contributed by atoms with Gasteiger partial charge in [0.25, 0.3) is 0 Å². The van der Waals surface area contributed by atoms with Crippen molar-refractivity contribution in [3.8, 4) is 0 Å². The van der Waals surface area contributed by atoms with Gasteiger partial charge >= 0.3 is 0 Å². The predicted molar refractivity (Wildman–Crippen MR) is 243 cm³/mol. The lowest BCUT2D eigenvalue weighted by Gasteiger charge is -2.20. The third-order valence-corrected chi connectivity index (χ3v) is 16.2. The fourth-order valence-corrected chi connectivity index (χ4v) is 11.5. The monoisotopic (exact) mass is 884 g/mol. The van der Waals surface area contributed by atoms with Crippen LogP contribution in [-0.4, -0.2) is 25.1 Å². The molecule has 0 unspecified atom stereocenters. The number of halogens is 3. The Kier molecular flexibility index (Phi) is 12.6. The molecule has 0 amide bonds. The van der Waals surface area contributed by atoms with E-state index in [-0.39, 0.29) is 34.9 Å². The van der Waals surface area contributed by atoms with Crippen molar-refractivity contribution in [2.24, 2.45) is 17.8 Å². The number of hydrogen-bond acceptors (Lipinski definition) is 7. The van der Waals surface area contributed by atoms with Crippen molar-refractivity contribution in [3.05, 3.63) is 116 Å². The largest absolute Gasteiger partial charge is 0.453 e. The first-order valence-corrected chi connectivity index (χ1v) is 24.8. The Morgan fingerprint density at radius 1 is 0.746 bits per heavy atom. The lowest BCUT2D eigenvalue weighted by Crippen LogP contribution is -2.20. The molecule has 63 heavy (non-hydrogen) atoms. The summed E-state index contributed by atoms with van der Waals surface area (Å²) in [5.41, 5.74) is 23.2. The smallest absolute Gasteiger partial charge is 0.218 e. The molecule has 11 heteroatoms. The number of hydrogen-bond donors (Lipinski definition) is 3. The van der Waals surface area contributed by atoms with Crippen molar-refractivity contribution in [1.29, 1.82) is 0 Å². The number of carbonyl (C=O) groups is 1. The summed E-state index contributed by atoms with van der Waals surface area (Å²) < 4.78 is 73.1. The first-order chi connectivity index (χ1) is 29.8. The number of nitrogens with two attached hydrogens (primary N) is 2. The molecule has 2 atom stereocenters. The molecular formula is C52H63F3N2O5S. The zero-order chi connectivity index (χ0) is 45.1. The summed E-state index contributed by atoms with van der Waals surface area (Å²) in [6, 6.07) is 6.13. The quantitative estimate of drug-likeness (QED) is 0.121. The minimum Gasteiger partial charge on any atom is -0.453 e. The lowest BCUT2D eigenvalue weighted by atomic mass is 9.85. The van der Waals surface area contributed by atoms with E-state index in [1.54, 1.807) is 18.2 Å². The minimum atomic E-state index is -3.98. The number of allylic oxidation sites excluding steroid dienone is 1. The topological polar surface area (TPSA) is 137 Å². The molecule has 0 bridgehead atoms. The number of furan rings is 1. The summed E-state index contributed by atoms with van der Waals surface area (Å²) in [6.45, 7) is 11.4. The molecule has 7 nitrogen and oxygen atoms in total. The normalized spacial score (nSPS) is 18.7. The molecule has 338 valence electrons. The maximum absolute atomic E-state index is 14.7. The molecule has 10 rings (SSSR count). The van der Waals surface area contributed by atoms with E-state index in [0.717, 1.165) is 137 Å². The average Bonchev–Trinajstić information content (AvgIpc) is 4.20. The summed E-state index contributed by atoms with van der Waals surface area (Å²) in [5, 5.41) is 9.71. The van der Waals surface area contributed by atoms with Crippen LogP contribution >= 0.6 is 0 Å². The molecule has 1 aromatic heterocycles. The Balaban J connectivity index is 0.000000142. The van der Waals surface area contributed by atoms with Crippen molar-refractivity contribution in [2.75, 3.05) is 17.2 Å². The maximum Gasteiger partial charge on any atom is 0.218 e. The summed E-state index contributed by atoms with van der Waals surface area (Å²) in [5.74, 6) is 0.930. The van der Waals surface area contributed by atoms with E-state index in [9.17, 15) is 31.5 Å². The molecule has 1 heterocycles. The van der Waals surface area contributed by atoms with Crippen LogP contribution in [0.4, 0.5) is 24.5 Å². The van der Waals surface area contributed by atoms with Crippen LogP contribution in [0.3, 0.4) is 0 Å². The Hall–Kier alpha value is -4.35. The van der Waals surface area contributed by atoms with Gasteiger partial charge in [0.2, 0.25) is 14.9 Å². The molecule has 3 aromatic carbocycles. The van der Waals surface area contributed by atoms with Crippen LogP contribution in [0.1, 0.15) is 159 Å². The number of Topliss-reactive ketones (excluding diaryl/α,β-unsaturated/α-hetero) is 1. The van der Waals surface area contributed by atoms with Gasteiger partial charge in [-0.2, -0.15) is 0 Å². The number of carbonyl (C=O) groups excluding carboxylic acids is 1. The molecular weight excluding hydrogens is 822 g/mol. The molecule has 0 spiro atoms. The highest BCUT2D eigenvalue weighted by Gasteiger charge is 2.36. The Morgan fingerprint density at radius 3 is 1.75 bits per heavy atom. The number of rotatable bonds is 12. The number of nitrogen functional groups attached to an aromatic ring is 2. The van der Waals surface area contributed by atoms with E-state index >= 15 is 0 Å². The van der Waals surface area contributed by atoms with Crippen LogP contribution in [0, 0.1) is 35.2 Å². The maximum atomic E-state index is 14.7. The van der Waals surface area contributed by atoms with Crippen LogP contribution in [0.25, 0.3) is 5.57 Å². The van der Waals surface area contributed by atoms with E-state index < -0.39 is 27.0 Å². The second-order valence-electron chi connectivity index (χ2n) is 19.8. The van der Waals surface area contributed by atoms with Crippen molar-refractivity contribution in [1.82, 2.24) is 0 Å². The van der Waals surface area contributed by atoms with Gasteiger partial charge in [0.15, 0.2) is 5.78 Å². The molecule has 3 fully saturated rings. The van der Waals surface area contributed by atoms with Gasteiger partial charge in [0.05, 0.1) is 11.9 Å².